The van der Waals surface area contributed by atoms with Crippen LogP contribution in [0.25, 0.3) is 0 Å². The van der Waals surface area contributed by atoms with E-state index < -0.39 is 41.7 Å². The van der Waals surface area contributed by atoms with Gasteiger partial charge >= 0.3 is 5.97 Å². The maximum atomic E-state index is 14.1. The molecule has 0 bridgehead atoms. The highest BCUT2D eigenvalue weighted by atomic mass is 16.5. The fourth-order valence-corrected chi connectivity index (χ4v) is 5.78. The highest BCUT2D eigenvalue weighted by molar-refractivity contribution is 6.26. The molecule has 9 heteroatoms. The molecule has 2 amide bonds. The monoisotopic (exact) mass is 509 g/mol. The first kappa shape index (κ1) is 23.6. The normalized spacial score (nSPS) is 23.1. The molecule has 0 radical (unpaired) electrons. The van der Waals surface area contributed by atoms with Crippen LogP contribution in [0, 0.1) is 11.8 Å². The topological polar surface area (TPSA) is 106 Å². The van der Waals surface area contributed by atoms with Gasteiger partial charge in [-0.15, -0.1) is 0 Å². The average Bonchev–Trinajstić information content (AvgIpc) is 3.44. The molecule has 3 aliphatic rings. The number of rotatable bonds is 5. The molecule has 4 atom stereocenters. The summed E-state index contributed by atoms with van der Waals surface area (Å²) in [5.74, 6) is -3.32. The van der Waals surface area contributed by atoms with Crippen LogP contribution in [0.15, 0.2) is 77.9 Å². The van der Waals surface area contributed by atoms with Gasteiger partial charge in [-0.3, -0.25) is 19.4 Å². The molecule has 6 rings (SSSR count). The molecule has 3 aromatic carbocycles. The number of amides is 2. The number of hydrazone groups is 1. The van der Waals surface area contributed by atoms with Gasteiger partial charge in [-0.1, -0.05) is 36.4 Å². The van der Waals surface area contributed by atoms with Crippen LogP contribution in [0.3, 0.4) is 0 Å². The standard InChI is InChI=1S/C29H23N3O6/c1-37-18-13-11-16(12-14-18)26(33)25-23-22(24-19-8-4-3-7-17(19)15-30-32(24)25)27(34)31(28(23)35)21-10-6-5-9-20(21)29(36)38-2/h3-15,22-25H,1-2H3/t22-,23+,24-,25-/m1/s1. The molecular weight excluding hydrogens is 486 g/mol. The number of Topliss-reactive ketones (excluding diaryl/α,β-unsaturated/α-hetero) is 1. The quantitative estimate of drug-likeness (QED) is 0.295. The Labute approximate surface area is 218 Å². The minimum absolute atomic E-state index is 0.0913. The molecule has 3 heterocycles. The Bertz CT molecular complexity index is 1510. The molecule has 0 N–H and O–H groups in total. The van der Waals surface area contributed by atoms with Crippen LogP contribution in [-0.4, -0.2) is 55.1 Å². The third-order valence-electron chi connectivity index (χ3n) is 7.49. The summed E-state index contributed by atoms with van der Waals surface area (Å²) in [6.07, 6.45) is 1.65. The van der Waals surface area contributed by atoms with Gasteiger partial charge in [-0.25, -0.2) is 9.69 Å². The van der Waals surface area contributed by atoms with Gasteiger partial charge in [0.25, 0.3) is 0 Å². The molecule has 3 aromatic rings. The Kier molecular flexibility index (Phi) is 5.56. The molecule has 0 saturated carbocycles. The van der Waals surface area contributed by atoms with Gasteiger partial charge in [0.1, 0.15) is 11.8 Å². The summed E-state index contributed by atoms with van der Waals surface area (Å²) >= 11 is 0. The van der Waals surface area contributed by atoms with E-state index in [0.717, 1.165) is 16.0 Å². The lowest BCUT2D eigenvalue weighted by atomic mass is 9.83. The van der Waals surface area contributed by atoms with E-state index in [1.165, 1.54) is 26.4 Å². The van der Waals surface area contributed by atoms with Gasteiger partial charge in [0.05, 0.1) is 49.6 Å². The number of anilines is 1. The lowest BCUT2D eigenvalue weighted by molar-refractivity contribution is -0.124. The van der Waals surface area contributed by atoms with Crippen molar-refractivity contribution in [1.29, 1.82) is 0 Å². The highest BCUT2D eigenvalue weighted by Crippen LogP contribution is 2.53. The van der Waals surface area contributed by atoms with Crippen LogP contribution in [0.2, 0.25) is 0 Å². The maximum Gasteiger partial charge on any atom is 0.339 e. The Hall–Kier alpha value is -4.79. The van der Waals surface area contributed by atoms with Gasteiger partial charge in [0, 0.05) is 5.56 Å². The lowest BCUT2D eigenvalue weighted by Gasteiger charge is -2.34. The maximum absolute atomic E-state index is 14.1. The molecule has 9 nitrogen and oxygen atoms in total. The third kappa shape index (κ3) is 3.35. The molecule has 0 spiro atoms. The second-order valence-corrected chi connectivity index (χ2v) is 9.31. The van der Waals surface area contributed by atoms with E-state index in [1.807, 2.05) is 24.3 Å². The van der Waals surface area contributed by atoms with Gasteiger partial charge in [0.15, 0.2) is 5.78 Å². The summed E-state index contributed by atoms with van der Waals surface area (Å²) in [4.78, 5) is 55.6. The second-order valence-electron chi connectivity index (χ2n) is 9.31. The van der Waals surface area contributed by atoms with Crippen molar-refractivity contribution in [3.05, 3.63) is 95.1 Å². The zero-order valence-corrected chi connectivity index (χ0v) is 20.6. The van der Waals surface area contributed by atoms with E-state index >= 15 is 0 Å². The number of methoxy groups -OCH3 is 2. The summed E-state index contributed by atoms with van der Waals surface area (Å²) in [7, 11) is 2.77. The number of nitrogens with zero attached hydrogens (tertiary/aromatic N) is 3. The van der Waals surface area contributed by atoms with Gasteiger partial charge < -0.3 is 9.47 Å². The predicted octanol–water partition coefficient (Wildman–Crippen LogP) is 3.24. The molecule has 190 valence electrons. The van der Waals surface area contributed by atoms with E-state index in [2.05, 4.69) is 5.10 Å². The molecule has 38 heavy (non-hydrogen) atoms. The number of fused-ring (bicyclic) bond motifs is 5. The molecule has 0 aromatic heterocycles. The summed E-state index contributed by atoms with van der Waals surface area (Å²) in [6.45, 7) is 0. The van der Waals surface area contributed by atoms with E-state index in [0.29, 0.717) is 11.3 Å². The van der Waals surface area contributed by atoms with Crippen LogP contribution in [0.5, 0.6) is 5.75 Å². The largest absolute Gasteiger partial charge is 0.497 e. The van der Waals surface area contributed by atoms with E-state index in [1.54, 1.807) is 47.6 Å². The van der Waals surface area contributed by atoms with Crippen molar-refractivity contribution >= 4 is 35.5 Å². The zero-order valence-electron chi connectivity index (χ0n) is 20.6. The number of benzene rings is 3. The van der Waals surface area contributed by atoms with Crippen molar-refractivity contribution in [1.82, 2.24) is 5.01 Å². The van der Waals surface area contributed by atoms with Crippen molar-refractivity contribution in [2.24, 2.45) is 16.9 Å². The number of hydrogen-bond acceptors (Lipinski definition) is 8. The van der Waals surface area contributed by atoms with Crippen LogP contribution < -0.4 is 9.64 Å². The van der Waals surface area contributed by atoms with Crippen LogP contribution in [0.1, 0.15) is 37.9 Å². The zero-order chi connectivity index (χ0) is 26.6. The molecule has 0 unspecified atom stereocenters. The first-order valence-electron chi connectivity index (χ1n) is 12.1. The van der Waals surface area contributed by atoms with Crippen molar-refractivity contribution in [3.63, 3.8) is 0 Å². The molecule has 2 saturated heterocycles. The molecular formula is C29H23N3O6. The second kappa shape index (κ2) is 8.95. The number of carbonyl (C=O) groups is 4. The Balaban J connectivity index is 1.49. The van der Waals surface area contributed by atoms with E-state index in [9.17, 15) is 19.2 Å². The lowest BCUT2D eigenvalue weighted by Crippen LogP contribution is -2.45. The Morgan fingerprint density at radius 2 is 1.53 bits per heavy atom. The minimum atomic E-state index is -1.02. The Morgan fingerprint density at radius 3 is 2.26 bits per heavy atom. The van der Waals surface area contributed by atoms with E-state index in [4.69, 9.17) is 9.47 Å². The number of esters is 1. The number of hydrogen-bond donors (Lipinski definition) is 0. The van der Waals surface area contributed by atoms with Crippen molar-refractivity contribution < 1.29 is 28.7 Å². The fourth-order valence-electron chi connectivity index (χ4n) is 5.78. The minimum Gasteiger partial charge on any atom is -0.497 e. The third-order valence-corrected chi connectivity index (χ3v) is 7.49. The average molecular weight is 510 g/mol. The number of ether oxygens (including phenoxy) is 2. The summed E-state index contributed by atoms with van der Waals surface area (Å²) < 4.78 is 10.1. The van der Waals surface area contributed by atoms with Crippen molar-refractivity contribution in [2.45, 2.75) is 12.1 Å². The number of imide groups is 1. The number of carbonyl (C=O) groups excluding carboxylic acids is 4. The summed E-state index contributed by atoms with van der Waals surface area (Å²) in [5, 5.41) is 6.17. The SMILES string of the molecule is COC(=O)c1ccccc1N1C(=O)[C@@H]2[C@H](C1=O)[C@H](C(=O)c1ccc(OC)cc1)N1N=Cc3ccccc3[C@H]21. The van der Waals surface area contributed by atoms with Gasteiger partial charge in [-0.2, -0.15) is 5.10 Å². The van der Waals surface area contributed by atoms with Crippen LogP contribution in [0.4, 0.5) is 5.69 Å². The summed E-state index contributed by atoms with van der Waals surface area (Å²) in [5.41, 5.74) is 2.23. The smallest absolute Gasteiger partial charge is 0.339 e. The summed E-state index contributed by atoms with van der Waals surface area (Å²) in [6, 6.07) is 18.8. The Morgan fingerprint density at radius 1 is 0.842 bits per heavy atom. The first-order chi connectivity index (χ1) is 18.5. The van der Waals surface area contributed by atoms with Crippen molar-refractivity contribution in [2.75, 3.05) is 19.1 Å². The van der Waals surface area contributed by atoms with Crippen LogP contribution in [-0.2, 0) is 14.3 Å². The molecule has 3 aliphatic heterocycles. The van der Waals surface area contributed by atoms with Gasteiger partial charge in [-0.05, 0) is 47.5 Å². The predicted molar refractivity (Wildman–Crippen MR) is 137 cm³/mol. The van der Waals surface area contributed by atoms with Crippen molar-refractivity contribution in [3.8, 4) is 5.75 Å². The van der Waals surface area contributed by atoms with E-state index in [-0.39, 0.29) is 17.0 Å². The van der Waals surface area contributed by atoms with Gasteiger partial charge in [0.2, 0.25) is 11.8 Å². The molecule has 2 fully saturated rings. The fraction of sp³-hybridized carbons (Fsp3) is 0.207. The first-order valence-corrected chi connectivity index (χ1v) is 12.1. The molecule has 0 aliphatic carbocycles. The number of para-hydroxylation sites is 1. The van der Waals surface area contributed by atoms with Crippen LogP contribution >= 0.6 is 0 Å². The highest BCUT2D eigenvalue weighted by Gasteiger charge is 2.65. The number of ketones is 1.